The predicted octanol–water partition coefficient (Wildman–Crippen LogP) is 1.22. The lowest BCUT2D eigenvalue weighted by Crippen LogP contribution is -2.52. The van der Waals surface area contributed by atoms with Gasteiger partial charge in [0.2, 0.25) is 5.91 Å². The third-order valence-corrected chi connectivity index (χ3v) is 5.19. The van der Waals surface area contributed by atoms with E-state index >= 15 is 0 Å². The molecule has 0 bridgehead atoms. The van der Waals surface area contributed by atoms with Gasteiger partial charge in [0.15, 0.2) is 0 Å². The Hall–Kier alpha value is -2.29. The SMILES string of the molecule is O=C(NCC(=O)N1CCOC[C@H]1C[C@H](O)c1cccs1)c1ccccn1. The van der Waals surface area contributed by atoms with Gasteiger partial charge >= 0.3 is 0 Å². The van der Waals surface area contributed by atoms with Gasteiger partial charge in [-0.3, -0.25) is 14.6 Å². The molecular weight excluding hydrogens is 354 g/mol. The summed E-state index contributed by atoms with van der Waals surface area (Å²) in [4.78, 5) is 31.1. The molecule has 26 heavy (non-hydrogen) atoms. The number of carbonyl (C=O) groups is 2. The van der Waals surface area contributed by atoms with Crippen LogP contribution in [0.25, 0.3) is 0 Å². The van der Waals surface area contributed by atoms with Crippen molar-refractivity contribution in [2.24, 2.45) is 0 Å². The van der Waals surface area contributed by atoms with Gasteiger partial charge in [-0.25, -0.2) is 0 Å². The number of amides is 2. The molecule has 7 nitrogen and oxygen atoms in total. The molecule has 2 N–H and O–H groups in total. The van der Waals surface area contributed by atoms with Crippen LogP contribution in [0.5, 0.6) is 0 Å². The van der Waals surface area contributed by atoms with Crippen molar-refractivity contribution in [3.8, 4) is 0 Å². The van der Waals surface area contributed by atoms with Crippen molar-refractivity contribution in [1.82, 2.24) is 15.2 Å². The fourth-order valence-electron chi connectivity index (χ4n) is 2.88. The van der Waals surface area contributed by atoms with Crippen LogP contribution < -0.4 is 5.32 Å². The molecule has 2 atom stereocenters. The first-order chi connectivity index (χ1) is 12.6. The zero-order valence-corrected chi connectivity index (χ0v) is 15.0. The van der Waals surface area contributed by atoms with E-state index in [9.17, 15) is 14.7 Å². The van der Waals surface area contributed by atoms with Crippen LogP contribution in [0.15, 0.2) is 41.9 Å². The summed E-state index contributed by atoms with van der Waals surface area (Å²) in [5.41, 5.74) is 0.270. The molecule has 1 aliphatic heterocycles. The molecule has 8 heteroatoms. The van der Waals surface area contributed by atoms with E-state index < -0.39 is 6.10 Å². The minimum absolute atomic E-state index is 0.110. The van der Waals surface area contributed by atoms with E-state index in [0.29, 0.717) is 26.2 Å². The zero-order chi connectivity index (χ0) is 18.4. The van der Waals surface area contributed by atoms with Crippen molar-refractivity contribution in [3.63, 3.8) is 0 Å². The summed E-state index contributed by atoms with van der Waals surface area (Å²) >= 11 is 1.48. The van der Waals surface area contributed by atoms with Gasteiger partial charge in [0.05, 0.1) is 31.9 Å². The van der Waals surface area contributed by atoms with Crippen LogP contribution in [-0.2, 0) is 9.53 Å². The number of hydrogen-bond acceptors (Lipinski definition) is 6. The van der Waals surface area contributed by atoms with Gasteiger partial charge in [0.25, 0.3) is 5.91 Å². The van der Waals surface area contributed by atoms with E-state index in [-0.39, 0.29) is 30.1 Å². The van der Waals surface area contributed by atoms with Crippen molar-refractivity contribution >= 4 is 23.2 Å². The quantitative estimate of drug-likeness (QED) is 0.792. The van der Waals surface area contributed by atoms with Crippen LogP contribution in [0.2, 0.25) is 0 Å². The van der Waals surface area contributed by atoms with Gasteiger partial charge in [0, 0.05) is 24.0 Å². The monoisotopic (exact) mass is 375 g/mol. The number of thiophene rings is 1. The summed E-state index contributed by atoms with van der Waals surface area (Å²) < 4.78 is 5.48. The first-order valence-corrected chi connectivity index (χ1v) is 9.31. The third-order valence-electron chi connectivity index (χ3n) is 4.21. The first kappa shape index (κ1) is 18.5. The summed E-state index contributed by atoms with van der Waals surface area (Å²) in [6, 6.07) is 8.57. The van der Waals surface area contributed by atoms with Crippen LogP contribution in [-0.4, -0.2) is 59.1 Å². The molecule has 0 aliphatic carbocycles. The molecule has 1 saturated heterocycles. The molecule has 138 valence electrons. The smallest absolute Gasteiger partial charge is 0.270 e. The molecule has 1 aliphatic rings. The average Bonchev–Trinajstić information content (AvgIpc) is 3.22. The second kappa shape index (κ2) is 8.88. The lowest BCUT2D eigenvalue weighted by atomic mass is 10.1. The van der Waals surface area contributed by atoms with Crippen molar-refractivity contribution in [2.45, 2.75) is 18.6 Å². The van der Waals surface area contributed by atoms with Crippen molar-refractivity contribution in [1.29, 1.82) is 0 Å². The zero-order valence-electron chi connectivity index (χ0n) is 14.2. The van der Waals surface area contributed by atoms with Gasteiger partial charge in [-0.1, -0.05) is 12.1 Å². The molecule has 0 saturated carbocycles. The maximum Gasteiger partial charge on any atom is 0.270 e. The van der Waals surface area contributed by atoms with Crippen molar-refractivity contribution in [3.05, 3.63) is 52.5 Å². The molecular formula is C18H21N3O4S. The maximum absolute atomic E-state index is 12.6. The second-order valence-corrected chi connectivity index (χ2v) is 6.96. The van der Waals surface area contributed by atoms with E-state index in [1.54, 1.807) is 23.1 Å². The molecule has 0 spiro atoms. The fourth-order valence-corrected chi connectivity index (χ4v) is 3.60. The molecule has 1 fully saturated rings. The summed E-state index contributed by atoms with van der Waals surface area (Å²) in [7, 11) is 0. The first-order valence-electron chi connectivity index (χ1n) is 8.43. The Morgan fingerprint density at radius 1 is 1.38 bits per heavy atom. The Bertz CT molecular complexity index is 723. The summed E-state index contributed by atoms with van der Waals surface area (Å²) in [5, 5.41) is 14.9. The number of pyridine rings is 1. The van der Waals surface area contributed by atoms with Gasteiger partial charge in [-0.15, -0.1) is 11.3 Å². The van der Waals surface area contributed by atoms with Gasteiger partial charge < -0.3 is 20.1 Å². The topological polar surface area (TPSA) is 91.8 Å². The maximum atomic E-state index is 12.6. The van der Waals surface area contributed by atoms with Crippen LogP contribution in [0, 0.1) is 0 Å². The number of hydrogen-bond donors (Lipinski definition) is 2. The van der Waals surface area contributed by atoms with Gasteiger partial charge in [0.1, 0.15) is 5.69 Å². The molecule has 0 aromatic carbocycles. The predicted molar refractivity (Wildman–Crippen MR) is 96.8 cm³/mol. The Morgan fingerprint density at radius 2 is 2.27 bits per heavy atom. The average molecular weight is 375 g/mol. The van der Waals surface area contributed by atoms with E-state index in [1.165, 1.54) is 17.5 Å². The summed E-state index contributed by atoms with van der Waals surface area (Å²) in [5.74, 6) is -0.580. The van der Waals surface area contributed by atoms with Crippen LogP contribution in [0.4, 0.5) is 0 Å². The number of nitrogens with one attached hydrogen (secondary N) is 1. The van der Waals surface area contributed by atoms with Gasteiger partial charge in [-0.05, 0) is 23.6 Å². The van der Waals surface area contributed by atoms with Crippen molar-refractivity contribution in [2.75, 3.05) is 26.3 Å². The highest BCUT2D eigenvalue weighted by Crippen LogP contribution is 2.25. The van der Waals surface area contributed by atoms with Crippen LogP contribution in [0.3, 0.4) is 0 Å². The van der Waals surface area contributed by atoms with Gasteiger partial charge in [-0.2, -0.15) is 0 Å². The standard InChI is InChI=1S/C18H21N3O4S/c22-15(16-5-3-9-26-16)10-13-12-25-8-7-21(13)17(23)11-20-18(24)14-4-1-2-6-19-14/h1-6,9,13,15,22H,7-8,10-12H2,(H,20,24)/t13-,15+/m1/s1. The second-order valence-electron chi connectivity index (χ2n) is 5.98. The van der Waals surface area contributed by atoms with Crippen LogP contribution in [0.1, 0.15) is 27.9 Å². The van der Waals surface area contributed by atoms with E-state index in [1.807, 2.05) is 17.5 Å². The number of aliphatic hydroxyl groups excluding tert-OH is 1. The molecule has 2 aromatic heterocycles. The minimum atomic E-state index is -0.639. The third kappa shape index (κ3) is 4.66. The molecule has 2 amide bonds. The number of carbonyl (C=O) groups excluding carboxylic acids is 2. The number of morpholine rings is 1. The summed E-state index contributed by atoms with van der Waals surface area (Å²) in [6.07, 6.45) is 1.29. The fraction of sp³-hybridized carbons (Fsp3) is 0.389. The minimum Gasteiger partial charge on any atom is -0.387 e. The molecule has 0 unspecified atom stereocenters. The molecule has 3 heterocycles. The Morgan fingerprint density at radius 3 is 3.00 bits per heavy atom. The molecule has 2 aromatic rings. The number of ether oxygens (including phenoxy) is 1. The van der Waals surface area contributed by atoms with E-state index in [2.05, 4.69) is 10.3 Å². The highest BCUT2D eigenvalue weighted by Gasteiger charge is 2.29. The summed E-state index contributed by atoms with van der Waals surface area (Å²) in [6.45, 7) is 1.16. The normalized spacial score (nSPS) is 18.3. The number of nitrogens with zero attached hydrogens (tertiary/aromatic N) is 2. The van der Waals surface area contributed by atoms with Crippen LogP contribution >= 0.6 is 11.3 Å². The Balaban J connectivity index is 1.56. The number of aromatic nitrogens is 1. The lowest BCUT2D eigenvalue weighted by molar-refractivity contribution is -0.140. The van der Waals surface area contributed by atoms with E-state index in [0.717, 1.165) is 4.88 Å². The Labute approximate surface area is 155 Å². The van der Waals surface area contributed by atoms with Crippen molar-refractivity contribution < 1.29 is 19.4 Å². The highest BCUT2D eigenvalue weighted by atomic mass is 32.1. The number of rotatable bonds is 6. The Kier molecular flexibility index (Phi) is 6.32. The lowest BCUT2D eigenvalue weighted by Gasteiger charge is -2.36. The highest BCUT2D eigenvalue weighted by molar-refractivity contribution is 7.10. The molecule has 0 radical (unpaired) electrons. The molecule has 3 rings (SSSR count). The van der Waals surface area contributed by atoms with E-state index in [4.69, 9.17) is 4.74 Å². The largest absolute Gasteiger partial charge is 0.387 e. The number of aliphatic hydroxyl groups is 1.